The molecule has 20 heavy (non-hydrogen) atoms. The Labute approximate surface area is 120 Å². The highest BCUT2D eigenvalue weighted by atomic mass is 35.5. The molecule has 1 aromatic heterocycles. The summed E-state index contributed by atoms with van der Waals surface area (Å²) in [5, 5.41) is 5.34. The first-order valence-corrected chi connectivity index (χ1v) is 6.52. The molecule has 6 heteroatoms. The summed E-state index contributed by atoms with van der Waals surface area (Å²) in [6, 6.07) is 8.58. The lowest BCUT2D eigenvalue weighted by Crippen LogP contribution is -2.16. The summed E-state index contributed by atoms with van der Waals surface area (Å²) < 4.78 is 5.47. The SMILES string of the molecule is CCCOc1ccc(-c2cc(C(=O)Cl)c(=O)[nH]n2)cc1. The third-order valence-electron chi connectivity index (χ3n) is 2.64. The van der Waals surface area contributed by atoms with Gasteiger partial charge >= 0.3 is 0 Å². The molecular weight excluding hydrogens is 280 g/mol. The second kappa shape index (κ2) is 6.34. The van der Waals surface area contributed by atoms with Crippen LogP contribution in [0.1, 0.15) is 23.7 Å². The third-order valence-corrected chi connectivity index (χ3v) is 2.84. The van der Waals surface area contributed by atoms with Crippen LogP contribution < -0.4 is 10.3 Å². The van der Waals surface area contributed by atoms with Crippen LogP contribution >= 0.6 is 11.6 Å². The highest BCUT2D eigenvalue weighted by Crippen LogP contribution is 2.20. The molecule has 2 aromatic rings. The fourth-order valence-corrected chi connectivity index (χ4v) is 1.78. The zero-order valence-corrected chi connectivity index (χ0v) is 11.6. The van der Waals surface area contributed by atoms with Gasteiger partial charge in [-0.3, -0.25) is 9.59 Å². The van der Waals surface area contributed by atoms with Gasteiger partial charge in [-0.15, -0.1) is 0 Å². The average molecular weight is 293 g/mol. The summed E-state index contributed by atoms with van der Waals surface area (Å²) in [4.78, 5) is 22.5. The lowest BCUT2D eigenvalue weighted by molar-refractivity contribution is 0.108. The molecule has 0 radical (unpaired) electrons. The van der Waals surface area contributed by atoms with Crippen molar-refractivity contribution in [3.8, 4) is 17.0 Å². The summed E-state index contributed by atoms with van der Waals surface area (Å²) in [5.41, 5.74) is 0.500. The van der Waals surface area contributed by atoms with Crippen LogP contribution in [-0.4, -0.2) is 22.0 Å². The topological polar surface area (TPSA) is 72.1 Å². The van der Waals surface area contributed by atoms with Crippen molar-refractivity contribution in [3.63, 3.8) is 0 Å². The van der Waals surface area contributed by atoms with E-state index in [0.29, 0.717) is 12.3 Å². The number of rotatable bonds is 5. The van der Waals surface area contributed by atoms with Crippen molar-refractivity contribution in [2.24, 2.45) is 0 Å². The van der Waals surface area contributed by atoms with Gasteiger partial charge in [0, 0.05) is 5.56 Å². The van der Waals surface area contributed by atoms with Gasteiger partial charge in [0.25, 0.3) is 10.8 Å². The normalized spacial score (nSPS) is 10.3. The second-order valence-electron chi connectivity index (χ2n) is 4.14. The summed E-state index contributed by atoms with van der Waals surface area (Å²) in [5.74, 6) is 0.758. The van der Waals surface area contributed by atoms with E-state index in [9.17, 15) is 9.59 Å². The molecule has 0 aliphatic heterocycles. The van der Waals surface area contributed by atoms with E-state index in [2.05, 4.69) is 10.2 Å². The Morgan fingerprint density at radius 1 is 1.35 bits per heavy atom. The Morgan fingerprint density at radius 2 is 2.05 bits per heavy atom. The highest BCUT2D eigenvalue weighted by Gasteiger charge is 2.10. The van der Waals surface area contributed by atoms with Crippen LogP contribution in [0.4, 0.5) is 0 Å². The van der Waals surface area contributed by atoms with Crippen LogP contribution in [0.2, 0.25) is 0 Å². The Kier molecular flexibility index (Phi) is 4.53. The average Bonchev–Trinajstić information content (AvgIpc) is 2.46. The number of carbonyl (C=O) groups excluding carboxylic acids is 1. The van der Waals surface area contributed by atoms with Gasteiger partial charge in [0.2, 0.25) is 0 Å². The minimum absolute atomic E-state index is 0.122. The Hall–Kier alpha value is -2.14. The van der Waals surface area contributed by atoms with Crippen LogP contribution in [0.5, 0.6) is 5.75 Å². The van der Waals surface area contributed by atoms with Crippen molar-refractivity contribution in [1.29, 1.82) is 0 Å². The zero-order valence-electron chi connectivity index (χ0n) is 10.9. The van der Waals surface area contributed by atoms with Gasteiger partial charge < -0.3 is 4.74 Å². The Balaban J connectivity index is 2.30. The van der Waals surface area contributed by atoms with E-state index in [1.807, 2.05) is 6.92 Å². The highest BCUT2D eigenvalue weighted by molar-refractivity contribution is 6.67. The number of aromatic amines is 1. The van der Waals surface area contributed by atoms with Crippen LogP contribution in [0, 0.1) is 0 Å². The van der Waals surface area contributed by atoms with E-state index >= 15 is 0 Å². The number of aromatic nitrogens is 2. The van der Waals surface area contributed by atoms with Crippen molar-refractivity contribution in [3.05, 3.63) is 46.2 Å². The summed E-state index contributed by atoms with van der Waals surface area (Å²) >= 11 is 5.34. The molecule has 0 saturated carbocycles. The Bertz CT molecular complexity index is 665. The molecular formula is C14H13ClN2O3. The first-order chi connectivity index (χ1) is 9.61. The molecule has 0 amide bonds. The van der Waals surface area contributed by atoms with Gasteiger partial charge in [-0.1, -0.05) is 6.92 Å². The van der Waals surface area contributed by atoms with Gasteiger partial charge in [0.05, 0.1) is 12.3 Å². The minimum atomic E-state index is -0.808. The van der Waals surface area contributed by atoms with E-state index in [4.69, 9.17) is 16.3 Å². The molecule has 0 saturated heterocycles. The van der Waals surface area contributed by atoms with Gasteiger partial charge in [-0.2, -0.15) is 5.10 Å². The van der Waals surface area contributed by atoms with E-state index in [0.717, 1.165) is 17.7 Å². The van der Waals surface area contributed by atoms with E-state index in [-0.39, 0.29) is 5.56 Å². The van der Waals surface area contributed by atoms with Gasteiger partial charge in [-0.05, 0) is 48.4 Å². The molecule has 1 N–H and O–H groups in total. The van der Waals surface area contributed by atoms with Gasteiger partial charge in [0.1, 0.15) is 11.3 Å². The number of H-pyrrole nitrogens is 1. The van der Waals surface area contributed by atoms with Crippen molar-refractivity contribution < 1.29 is 9.53 Å². The molecule has 0 aliphatic carbocycles. The van der Waals surface area contributed by atoms with Gasteiger partial charge in [-0.25, -0.2) is 5.10 Å². The predicted octanol–water partition coefficient (Wildman–Crippen LogP) is 2.60. The molecule has 1 heterocycles. The Morgan fingerprint density at radius 3 is 2.65 bits per heavy atom. The number of halogens is 1. The summed E-state index contributed by atoms with van der Waals surface area (Å²) in [7, 11) is 0. The van der Waals surface area contributed by atoms with Crippen molar-refractivity contribution in [2.45, 2.75) is 13.3 Å². The fraction of sp³-hybridized carbons (Fsp3) is 0.214. The number of carbonyl (C=O) groups is 1. The molecule has 0 bridgehead atoms. The maximum Gasteiger partial charge on any atom is 0.276 e. The van der Waals surface area contributed by atoms with Crippen LogP contribution in [0.15, 0.2) is 35.1 Å². The largest absolute Gasteiger partial charge is 0.494 e. The van der Waals surface area contributed by atoms with E-state index in [1.165, 1.54) is 6.07 Å². The standard InChI is InChI=1S/C14H13ClN2O3/c1-2-7-20-10-5-3-9(4-6-10)12-8-11(13(15)18)14(19)17-16-12/h3-6,8H,2,7H2,1H3,(H,17,19). The summed E-state index contributed by atoms with van der Waals surface area (Å²) in [6.07, 6.45) is 0.935. The molecule has 104 valence electrons. The molecule has 0 aliphatic rings. The van der Waals surface area contributed by atoms with Crippen molar-refractivity contribution >= 4 is 16.8 Å². The summed E-state index contributed by atoms with van der Waals surface area (Å²) in [6.45, 7) is 2.68. The number of hydrogen-bond acceptors (Lipinski definition) is 4. The predicted molar refractivity (Wildman–Crippen MR) is 76.3 cm³/mol. The first kappa shape index (κ1) is 14.3. The smallest absolute Gasteiger partial charge is 0.276 e. The van der Waals surface area contributed by atoms with Gasteiger partial charge in [0.15, 0.2) is 0 Å². The fourth-order valence-electron chi connectivity index (χ4n) is 1.64. The van der Waals surface area contributed by atoms with Crippen LogP contribution in [0.25, 0.3) is 11.3 Å². The molecule has 0 fully saturated rings. The molecule has 0 spiro atoms. The minimum Gasteiger partial charge on any atom is -0.494 e. The second-order valence-corrected chi connectivity index (χ2v) is 4.49. The first-order valence-electron chi connectivity index (χ1n) is 6.14. The number of ether oxygens (including phenoxy) is 1. The molecule has 0 unspecified atom stereocenters. The quantitative estimate of drug-likeness (QED) is 0.860. The zero-order chi connectivity index (χ0) is 14.5. The lowest BCUT2D eigenvalue weighted by Gasteiger charge is -2.06. The van der Waals surface area contributed by atoms with E-state index < -0.39 is 10.8 Å². The van der Waals surface area contributed by atoms with Crippen LogP contribution in [-0.2, 0) is 0 Å². The maximum atomic E-state index is 11.4. The van der Waals surface area contributed by atoms with Crippen molar-refractivity contribution in [2.75, 3.05) is 6.61 Å². The monoisotopic (exact) mass is 292 g/mol. The number of nitrogens with one attached hydrogen (secondary N) is 1. The third kappa shape index (κ3) is 3.24. The molecule has 5 nitrogen and oxygen atoms in total. The van der Waals surface area contributed by atoms with Crippen molar-refractivity contribution in [1.82, 2.24) is 10.2 Å². The number of benzene rings is 1. The molecule has 0 atom stereocenters. The number of nitrogens with zero attached hydrogens (tertiary/aromatic N) is 1. The van der Waals surface area contributed by atoms with E-state index in [1.54, 1.807) is 24.3 Å². The van der Waals surface area contributed by atoms with Crippen LogP contribution in [0.3, 0.4) is 0 Å². The maximum absolute atomic E-state index is 11.4. The molecule has 1 aromatic carbocycles. The lowest BCUT2D eigenvalue weighted by atomic mass is 10.1. The number of hydrogen-bond donors (Lipinski definition) is 1. The molecule has 2 rings (SSSR count).